The predicted octanol–water partition coefficient (Wildman–Crippen LogP) is 0.385. The van der Waals surface area contributed by atoms with Crippen molar-refractivity contribution in [2.75, 3.05) is 6.61 Å². The molecule has 0 radical (unpaired) electrons. The zero-order valence-electron chi connectivity index (χ0n) is 5.87. The third kappa shape index (κ3) is 1.83. The molecule has 1 aliphatic carbocycles. The second-order valence-electron chi connectivity index (χ2n) is 2.60. The molecule has 1 aliphatic rings. The normalized spacial score (nSPS) is 29.3. The molecule has 1 fully saturated rings. The molecule has 0 aliphatic heterocycles. The van der Waals surface area contributed by atoms with Crippen LogP contribution >= 0.6 is 0 Å². The number of rotatable bonds is 3. The minimum Gasteiger partial charge on any atom is -0.466 e. The van der Waals surface area contributed by atoms with E-state index in [1.165, 1.54) is 6.92 Å². The van der Waals surface area contributed by atoms with Gasteiger partial charge < -0.3 is 9.53 Å². The lowest BCUT2D eigenvalue weighted by molar-refractivity contribution is -0.141. The molecule has 1 unspecified atom stereocenters. The van der Waals surface area contributed by atoms with Crippen LogP contribution in [0.15, 0.2) is 0 Å². The Hall–Kier alpha value is -0.860. The van der Waals surface area contributed by atoms with E-state index in [2.05, 4.69) is 0 Å². The van der Waals surface area contributed by atoms with Gasteiger partial charge in [-0.05, 0) is 6.42 Å². The standard InChI is InChI=1S/C7H10O3/c1-5(9)10-4-7-2-6(7)3-8/h3,6-7H,2,4H2,1H3/t6-,7?/m1/s1. The van der Waals surface area contributed by atoms with Gasteiger partial charge in [-0.2, -0.15) is 0 Å². The van der Waals surface area contributed by atoms with E-state index in [0.29, 0.717) is 12.5 Å². The molecule has 0 aromatic carbocycles. The number of hydrogen-bond acceptors (Lipinski definition) is 3. The van der Waals surface area contributed by atoms with Crippen molar-refractivity contribution >= 4 is 12.3 Å². The van der Waals surface area contributed by atoms with Crippen LogP contribution in [0.1, 0.15) is 13.3 Å². The van der Waals surface area contributed by atoms with Gasteiger partial charge in [0, 0.05) is 18.8 Å². The lowest BCUT2D eigenvalue weighted by atomic mass is 10.3. The number of aldehydes is 1. The van der Waals surface area contributed by atoms with Gasteiger partial charge in [0.1, 0.15) is 6.29 Å². The fourth-order valence-corrected chi connectivity index (χ4v) is 0.854. The van der Waals surface area contributed by atoms with Crippen molar-refractivity contribution in [3.8, 4) is 0 Å². The van der Waals surface area contributed by atoms with Gasteiger partial charge in [0.15, 0.2) is 0 Å². The van der Waals surface area contributed by atoms with E-state index in [4.69, 9.17) is 4.74 Å². The van der Waals surface area contributed by atoms with Gasteiger partial charge >= 0.3 is 5.97 Å². The second kappa shape index (κ2) is 2.82. The maximum Gasteiger partial charge on any atom is 0.302 e. The summed E-state index contributed by atoms with van der Waals surface area (Å²) in [4.78, 5) is 20.3. The van der Waals surface area contributed by atoms with E-state index in [0.717, 1.165) is 12.7 Å². The Morgan fingerprint density at radius 3 is 2.90 bits per heavy atom. The van der Waals surface area contributed by atoms with Gasteiger partial charge in [-0.1, -0.05) is 0 Å². The average molecular weight is 142 g/mol. The SMILES string of the molecule is CC(=O)OCC1C[C@@H]1C=O. The lowest BCUT2D eigenvalue weighted by Crippen LogP contribution is -2.03. The minimum atomic E-state index is -0.267. The highest BCUT2D eigenvalue weighted by Gasteiger charge is 2.37. The van der Waals surface area contributed by atoms with Crippen LogP contribution < -0.4 is 0 Å². The third-order valence-electron chi connectivity index (χ3n) is 1.65. The molecule has 10 heavy (non-hydrogen) atoms. The Morgan fingerprint density at radius 1 is 1.80 bits per heavy atom. The summed E-state index contributed by atoms with van der Waals surface area (Å²) in [6.07, 6.45) is 1.81. The molecule has 56 valence electrons. The number of carbonyl (C=O) groups is 2. The molecule has 1 rings (SSSR count). The van der Waals surface area contributed by atoms with Crippen molar-refractivity contribution in [2.24, 2.45) is 11.8 Å². The van der Waals surface area contributed by atoms with Crippen molar-refractivity contribution in [1.82, 2.24) is 0 Å². The molecule has 2 atom stereocenters. The molecular weight excluding hydrogens is 132 g/mol. The van der Waals surface area contributed by atoms with Crippen LogP contribution in [0, 0.1) is 11.8 Å². The van der Waals surface area contributed by atoms with Gasteiger partial charge in [-0.25, -0.2) is 0 Å². The fourth-order valence-electron chi connectivity index (χ4n) is 0.854. The molecule has 0 heterocycles. The molecule has 3 heteroatoms. The minimum absolute atomic E-state index is 0.152. The maximum absolute atomic E-state index is 10.3. The van der Waals surface area contributed by atoms with Crippen LogP contribution in [0.5, 0.6) is 0 Å². The van der Waals surface area contributed by atoms with Crippen molar-refractivity contribution < 1.29 is 14.3 Å². The van der Waals surface area contributed by atoms with Crippen LogP contribution in [0.2, 0.25) is 0 Å². The maximum atomic E-state index is 10.3. The number of hydrogen-bond donors (Lipinski definition) is 0. The zero-order valence-corrected chi connectivity index (χ0v) is 5.87. The van der Waals surface area contributed by atoms with Gasteiger partial charge in [0.05, 0.1) is 6.61 Å². The first-order valence-electron chi connectivity index (χ1n) is 3.32. The highest BCUT2D eigenvalue weighted by atomic mass is 16.5. The quantitative estimate of drug-likeness (QED) is 0.422. The molecule has 0 N–H and O–H groups in total. The lowest BCUT2D eigenvalue weighted by Gasteiger charge is -1.96. The Morgan fingerprint density at radius 2 is 2.50 bits per heavy atom. The van der Waals surface area contributed by atoms with Gasteiger partial charge in [-0.15, -0.1) is 0 Å². The summed E-state index contributed by atoms with van der Waals surface area (Å²) >= 11 is 0. The first kappa shape index (κ1) is 7.25. The average Bonchev–Trinajstić information content (AvgIpc) is 2.61. The Bertz CT molecular complexity index is 153. The Balaban J connectivity index is 2.07. The van der Waals surface area contributed by atoms with Crippen LogP contribution in [0.3, 0.4) is 0 Å². The summed E-state index contributed by atoms with van der Waals surface area (Å²) in [5.74, 6) is 0.192. The van der Waals surface area contributed by atoms with Crippen LogP contribution in [0.4, 0.5) is 0 Å². The number of ether oxygens (including phenoxy) is 1. The molecule has 0 spiro atoms. The van der Waals surface area contributed by atoms with Crippen molar-refractivity contribution in [3.63, 3.8) is 0 Å². The molecule has 0 aromatic heterocycles. The number of esters is 1. The summed E-state index contributed by atoms with van der Waals surface area (Å²) in [6, 6.07) is 0. The Kier molecular flexibility index (Phi) is 2.04. The second-order valence-corrected chi connectivity index (χ2v) is 2.60. The van der Waals surface area contributed by atoms with Crippen LogP contribution in [-0.4, -0.2) is 18.9 Å². The predicted molar refractivity (Wildman–Crippen MR) is 34.3 cm³/mol. The number of carbonyl (C=O) groups excluding carboxylic acids is 2. The fraction of sp³-hybridized carbons (Fsp3) is 0.714. The van der Waals surface area contributed by atoms with E-state index in [1.54, 1.807) is 0 Å². The molecule has 0 bridgehead atoms. The molecular formula is C7H10O3. The molecule has 0 saturated heterocycles. The zero-order chi connectivity index (χ0) is 7.56. The molecule has 0 aromatic rings. The summed E-state index contributed by atoms with van der Waals surface area (Å²) in [5.41, 5.74) is 0. The van der Waals surface area contributed by atoms with E-state index >= 15 is 0 Å². The van der Waals surface area contributed by atoms with Gasteiger partial charge in [-0.3, -0.25) is 4.79 Å². The smallest absolute Gasteiger partial charge is 0.302 e. The van der Waals surface area contributed by atoms with Crippen molar-refractivity contribution in [1.29, 1.82) is 0 Å². The van der Waals surface area contributed by atoms with Crippen molar-refractivity contribution in [3.05, 3.63) is 0 Å². The van der Waals surface area contributed by atoms with Gasteiger partial charge in [0.25, 0.3) is 0 Å². The third-order valence-corrected chi connectivity index (χ3v) is 1.65. The molecule has 1 saturated carbocycles. The monoisotopic (exact) mass is 142 g/mol. The topological polar surface area (TPSA) is 43.4 Å². The Labute approximate surface area is 59.4 Å². The van der Waals surface area contributed by atoms with Gasteiger partial charge in [0.2, 0.25) is 0 Å². The largest absolute Gasteiger partial charge is 0.466 e. The summed E-state index contributed by atoms with van der Waals surface area (Å²) < 4.78 is 4.70. The van der Waals surface area contributed by atoms with Crippen molar-refractivity contribution in [2.45, 2.75) is 13.3 Å². The van der Waals surface area contributed by atoms with E-state index in [9.17, 15) is 9.59 Å². The van der Waals surface area contributed by atoms with Crippen LogP contribution in [-0.2, 0) is 14.3 Å². The highest BCUT2D eigenvalue weighted by Crippen LogP contribution is 2.36. The van der Waals surface area contributed by atoms with E-state index in [-0.39, 0.29) is 11.9 Å². The highest BCUT2D eigenvalue weighted by molar-refractivity contribution is 5.66. The van der Waals surface area contributed by atoms with Crippen LogP contribution in [0.25, 0.3) is 0 Å². The summed E-state index contributed by atoms with van der Waals surface area (Å²) in [6.45, 7) is 1.79. The van der Waals surface area contributed by atoms with E-state index < -0.39 is 0 Å². The molecule has 0 amide bonds. The molecule has 3 nitrogen and oxygen atoms in total. The van der Waals surface area contributed by atoms with E-state index in [1.807, 2.05) is 0 Å². The summed E-state index contributed by atoms with van der Waals surface area (Å²) in [5, 5.41) is 0. The first-order chi connectivity index (χ1) is 4.74. The first-order valence-corrected chi connectivity index (χ1v) is 3.32. The summed E-state index contributed by atoms with van der Waals surface area (Å²) in [7, 11) is 0.